The fourth-order valence-electron chi connectivity index (χ4n) is 12.6. The summed E-state index contributed by atoms with van der Waals surface area (Å²) in [7, 11) is 12.4. The number of hydrogen-bond donors (Lipinski definition) is 2. The Hall–Kier alpha value is -13.3. The number of nitrogens with zero attached hydrogens (tertiary/aromatic N) is 17. The number of aryl methyl sites for hydroxylation is 11. The molecule has 0 atom stereocenters. The fraction of sp³-hybridized carbons (Fsp3) is 0.198. The highest BCUT2D eigenvalue weighted by atomic mass is 79.9. The first-order valence-electron chi connectivity index (χ1n) is 34.7. The zero-order valence-electron chi connectivity index (χ0n) is 63.9. The predicted octanol–water partition coefficient (Wildman–Crippen LogP) is 20.7. The molecule has 2 N–H and O–H groups in total. The van der Waals surface area contributed by atoms with Crippen LogP contribution in [0.3, 0.4) is 0 Å². The van der Waals surface area contributed by atoms with Gasteiger partial charge in [0.15, 0.2) is 43.6 Å². The number of fused-ring (bicyclic) bond motifs is 6. The van der Waals surface area contributed by atoms with E-state index in [4.69, 9.17) is 54.1 Å². The van der Waals surface area contributed by atoms with Crippen molar-refractivity contribution in [1.82, 2.24) is 53.2 Å². The predicted molar refractivity (Wildman–Crippen MR) is 451 cm³/mol. The molecule has 15 rings (SSSR count). The summed E-state index contributed by atoms with van der Waals surface area (Å²) >= 11 is 10.1. The van der Waals surface area contributed by atoms with E-state index in [9.17, 15) is 14.4 Å². The molecule has 14 aromatic rings. The van der Waals surface area contributed by atoms with Crippen LogP contribution in [0.1, 0.15) is 104 Å². The normalized spacial score (nSPS) is 10.9. The number of aliphatic imine (C=N–C) groups is 1. The maximum absolute atomic E-state index is 11.7. The monoisotopic (exact) mass is 1690 g/mol. The van der Waals surface area contributed by atoms with Gasteiger partial charge in [-0.05, 0) is 248 Å². The topological polar surface area (TPSA) is 230 Å². The smallest absolute Gasteiger partial charge is 0.337 e. The lowest BCUT2D eigenvalue weighted by molar-refractivity contribution is 0.0591. The molecule has 5 aromatic heterocycles. The van der Waals surface area contributed by atoms with Gasteiger partial charge >= 0.3 is 11.9 Å². The summed E-state index contributed by atoms with van der Waals surface area (Å²) in [5, 5.41) is 8.74. The van der Waals surface area contributed by atoms with E-state index in [1.165, 1.54) is 19.8 Å². The van der Waals surface area contributed by atoms with E-state index in [-0.39, 0.29) is 11.9 Å². The second-order valence-corrected chi connectivity index (χ2v) is 28.8. The number of methoxy groups -OCH3 is 2. The average Bonchev–Trinajstić information content (AvgIpc) is 1.66. The zero-order chi connectivity index (χ0) is 81.8. The Labute approximate surface area is 677 Å². The number of halogens is 3. The van der Waals surface area contributed by atoms with Gasteiger partial charge in [0.25, 0.3) is 5.91 Å². The molecule has 27 heteroatoms. The number of hydroxylamine groups is 1. The van der Waals surface area contributed by atoms with Crippen molar-refractivity contribution in [2.75, 3.05) is 14.2 Å². The molecule has 9 aromatic carbocycles. The van der Waals surface area contributed by atoms with Gasteiger partial charge in [0.1, 0.15) is 17.5 Å². The van der Waals surface area contributed by atoms with Crippen molar-refractivity contribution in [1.29, 1.82) is 0 Å². The first kappa shape index (κ1) is 82.2. The van der Waals surface area contributed by atoms with Gasteiger partial charge in [0.05, 0.1) is 130 Å². The summed E-state index contributed by atoms with van der Waals surface area (Å²) in [4.78, 5) is 82.7. The minimum atomic E-state index is -0.542. The summed E-state index contributed by atoms with van der Waals surface area (Å²) < 4.78 is 21.9. The summed E-state index contributed by atoms with van der Waals surface area (Å²) in [6, 6.07) is 44.6. The van der Waals surface area contributed by atoms with Crippen molar-refractivity contribution in [3.8, 4) is 0 Å². The van der Waals surface area contributed by atoms with E-state index in [1.807, 2.05) is 209 Å². The van der Waals surface area contributed by atoms with Crippen molar-refractivity contribution >= 4 is 165 Å². The third kappa shape index (κ3) is 18.6. The van der Waals surface area contributed by atoms with Crippen molar-refractivity contribution in [3.63, 3.8) is 0 Å². The van der Waals surface area contributed by atoms with Gasteiger partial charge in [-0.25, -0.2) is 74.1 Å². The number of benzene rings is 9. The van der Waals surface area contributed by atoms with Gasteiger partial charge in [-0.2, -0.15) is 0 Å². The Morgan fingerprint density at radius 2 is 0.708 bits per heavy atom. The maximum Gasteiger partial charge on any atom is 0.337 e. The Balaban J connectivity index is 0.000000146. The van der Waals surface area contributed by atoms with E-state index in [2.05, 4.69) is 107 Å². The lowest BCUT2D eigenvalue weighted by atomic mass is 10.1. The van der Waals surface area contributed by atoms with Crippen LogP contribution in [0.5, 0.6) is 0 Å². The van der Waals surface area contributed by atoms with E-state index in [1.54, 1.807) is 41.9 Å². The average molecular weight is 1690 g/mol. The van der Waals surface area contributed by atoms with Gasteiger partial charge in [-0.15, -0.1) is 0 Å². The summed E-state index contributed by atoms with van der Waals surface area (Å²) in [6.45, 7) is 54.3. The Bertz CT molecular complexity index is 6210. The molecule has 113 heavy (non-hydrogen) atoms. The van der Waals surface area contributed by atoms with Crippen LogP contribution >= 0.6 is 47.8 Å². The molecule has 6 heterocycles. The number of rotatable bonds is 9. The Morgan fingerprint density at radius 1 is 0.407 bits per heavy atom. The molecule has 1 amide bonds. The minimum Gasteiger partial charge on any atom is -0.465 e. The number of nitrogens with one attached hydrogen (secondary N) is 1. The molecule has 1 aliphatic heterocycles. The second kappa shape index (κ2) is 36.1. The van der Waals surface area contributed by atoms with Crippen LogP contribution in [0, 0.1) is 81.0 Å². The number of ether oxygens (including phenoxy) is 2. The van der Waals surface area contributed by atoms with Crippen molar-refractivity contribution in [2.24, 2.45) is 40.2 Å². The summed E-state index contributed by atoms with van der Waals surface area (Å²) in [6.07, 6.45) is 2.60. The SMILES string of the molecule is [C-]#[N+]c1cc2c(cc1C)CC(Br)=N2.[C-]#[N+]c1cc2c(cc1C)nc(Br)n2C.[C-]#[N+]c1cc2c(cc1C)nc(Cc1cccc(C(=O)OC)c1)n2C.[C-]#[N+]c1cc2nc(Br)n(C)c2cc1C.[C-]#[N+]c1cc2nc(Cc3cccc(C(=O)NO)c3)n(C)c2cc1C.[C-]#[N+]c1cc2nc(Cc3cccc(C(=O)OC)c3)n(C)c2cc1C. The van der Waals surface area contributed by atoms with Crippen LogP contribution in [0.25, 0.3) is 84.2 Å². The lowest BCUT2D eigenvalue weighted by Crippen LogP contribution is -2.18. The molecule has 0 bridgehead atoms. The third-order valence-electron chi connectivity index (χ3n) is 18.9. The van der Waals surface area contributed by atoms with Crippen molar-refractivity contribution in [2.45, 2.75) is 67.2 Å². The number of carbonyl (C=O) groups is 3. The van der Waals surface area contributed by atoms with Crippen molar-refractivity contribution in [3.05, 3.63) is 313 Å². The van der Waals surface area contributed by atoms with E-state index >= 15 is 0 Å². The van der Waals surface area contributed by atoms with Gasteiger partial charge in [-0.3, -0.25) is 10.0 Å². The van der Waals surface area contributed by atoms with Crippen LogP contribution in [-0.2, 0) is 70.4 Å². The first-order valence-corrected chi connectivity index (χ1v) is 37.1. The fourth-order valence-corrected chi connectivity index (χ4v) is 13.8. The highest BCUT2D eigenvalue weighted by Gasteiger charge is 2.19. The standard InChI is InChI=1S/2C19H17N3O2.C18H16N4O2.2C10H8BrN3.C10H7BrN2/c1-12-8-17-16(11-15(12)20-2)21-18(22(17)3)10-13-6-5-7-14(9-13)19(23)24-4;1-12-8-16-17(11-15(12)20-2)22(3)18(21-16)10-13-6-5-7-14(9-13)19(23)24-4;1-11-7-16-15(10-14(11)19-2)20-17(22(16)3)9-12-5-4-6-13(8-12)18(23)21-24;1-6-4-9-8(5-7(6)12-2)13-10(11)14(9)3;1-6-4-8-9(5-7(6)12-2)14(3)10(11)13-8;1-6-3-7-4-10(11)13-9(7)5-8(6)12-2/h2*5-9,11H,10H2,1,3-4H3;4-8,10,24H,9H2,1,3H3,(H,21,23);2*4-5H,1,3H3;3,5H,4H2,1H3. The first-order chi connectivity index (χ1) is 54.0. The van der Waals surface area contributed by atoms with Crippen LogP contribution in [0.4, 0.5) is 39.8 Å². The Kier molecular flexibility index (Phi) is 26.3. The minimum absolute atomic E-state index is 0.348. The van der Waals surface area contributed by atoms with E-state index < -0.39 is 5.91 Å². The van der Waals surface area contributed by atoms with Crippen LogP contribution in [-0.4, -0.2) is 89.6 Å². The van der Waals surface area contributed by atoms with E-state index in [0.29, 0.717) is 70.1 Å². The molecule has 564 valence electrons. The third-order valence-corrected chi connectivity index (χ3v) is 20.8. The van der Waals surface area contributed by atoms with Gasteiger partial charge in [-0.1, -0.05) is 42.5 Å². The molecule has 0 fully saturated rings. The van der Waals surface area contributed by atoms with Gasteiger partial charge in [0, 0.05) is 66.5 Å². The number of carbonyl (C=O) groups excluding carboxylic acids is 3. The number of hydrogen-bond acceptors (Lipinski definition) is 12. The number of esters is 2. The quantitative estimate of drug-likeness (QED) is 0.0597. The van der Waals surface area contributed by atoms with Gasteiger partial charge in [0.2, 0.25) is 0 Å². The maximum atomic E-state index is 11.7. The van der Waals surface area contributed by atoms with E-state index in [0.717, 1.165) is 149 Å². The number of aromatic nitrogens is 10. The molecular formula is C86H73Br3N18O6. The Morgan fingerprint density at radius 3 is 1.09 bits per heavy atom. The molecule has 0 unspecified atom stereocenters. The molecule has 0 saturated carbocycles. The lowest BCUT2D eigenvalue weighted by Gasteiger charge is -2.05. The number of imidazole rings is 5. The molecule has 1 aliphatic rings. The molecule has 0 spiro atoms. The molecular weight excluding hydrogens is 1620 g/mol. The number of amides is 1. The highest BCUT2D eigenvalue weighted by molar-refractivity contribution is 9.18. The molecule has 0 radical (unpaired) electrons. The van der Waals surface area contributed by atoms with Crippen LogP contribution in [0.2, 0.25) is 0 Å². The molecule has 0 aliphatic carbocycles. The highest BCUT2D eigenvalue weighted by Crippen LogP contribution is 2.36. The van der Waals surface area contributed by atoms with Gasteiger partial charge < -0.3 is 32.3 Å². The zero-order valence-corrected chi connectivity index (χ0v) is 68.7. The summed E-state index contributed by atoms with van der Waals surface area (Å²) in [5.74, 6) is 1.37. The second-order valence-electron chi connectivity index (χ2n) is 26.4. The van der Waals surface area contributed by atoms with Crippen molar-refractivity contribution < 1.29 is 29.1 Å². The molecule has 0 saturated heterocycles. The summed E-state index contributed by atoms with van der Waals surface area (Å²) in [5.41, 5.74) is 27.0. The molecule has 24 nitrogen and oxygen atoms in total. The largest absolute Gasteiger partial charge is 0.465 e. The van der Waals surface area contributed by atoms with Crippen LogP contribution < -0.4 is 5.48 Å². The van der Waals surface area contributed by atoms with Crippen LogP contribution in [0.15, 0.2) is 160 Å².